The Morgan fingerprint density at radius 2 is 1.90 bits per heavy atom. The van der Waals surface area contributed by atoms with Gasteiger partial charge in [-0.05, 0) is 24.3 Å². The molecule has 3 N–H and O–H groups in total. The maximum atomic E-state index is 11.5. The fourth-order valence-corrected chi connectivity index (χ4v) is 2.05. The van der Waals surface area contributed by atoms with Crippen LogP contribution in [0.2, 0.25) is 0 Å². The highest BCUT2D eigenvalue weighted by Gasteiger charge is 2.11. The Hall–Kier alpha value is -1.59. The topological polar surface area (TPSA) is 70.6 Å². The summed E-state index contributed by atoms with van der Waals surface area (Å²) in [5, 5.41) is 14.7. The lowest BCUT2D eigenvalue weighted by atomic mass is 9.93. The standard InChI is InChI=1S/C15H24N2O3/c1-20-12-10-17-15(19)16-9-7-14(8-11-18)13-5-3-2-4-6-13/h2-6,14,18H,7-12H2,1H3,(H2,16,17,19). The van der Waals surface area contributed by atoms with Crippen LogP contribution in [0.1, 0.15) is 24.3 Å². The Kier molecular flexibility index (Phi) is 8.42. The molecule has 0 aliphatic carbocycles. The van der Waals surface area contributed by atoms with E-state index in [2.05, 4.69) is 22.8 Å². The molecule has 1 unspecified atom stereocenters. The molecule has 0 saturated carbocycles. The summed E-state index contributed by atoms with van der Waals surface area (Å²) in [6, 6.07) is 9.88. The third-order valence-electron chi connectivity index (χ3n) is 3.12. The van der Waals surface area contributed by atoms with Gasteiger partial charge in [0.15, 0.2) is 0 Å². The van der Waals surface area contributed by atoms with Crippen LogP contribution in [0.5, 0.6) is 0 Å². The van der Waals surface area contributed by atoms with Crippen LogP contribution < -0.4 is 10.6 Å². The van der Waals surface area contributed by atoms with E-state index < -0.39 is 0 Å². The molecular weight excluding hydrogens is 256 g/mol. The van der Waals surface area contributed by atoms with Crippen molar-refractivity contribution in [2.45, 2.75) is 18.8 Å². The number of hydrogen-bond acceptors (Lipinski definition) is 3. The molecule has 112 valence electrons. The monoisotopic (exact) mass is 280 g/mol. The van der Waals surface area contributed by atoms with Crippen molar-refractivity contribution < 1.29 is 14.6 Å². The van der Waals surface area contributed by atoms with Gasteiger partial charge in [0.1, 0.15) is 0 Å². The number of carbonyl (C=O) groups is 1. The van der Waals surface area contributed by atoms with Gasteiger partial charge < -0.3 is 20.5 Å². The number of nitrogens with one attached hydrogen (secondary N) is 2. The van der Waals surface area contributed by atoms with Gasteiger partial charge >= 0.3 is 6.03 Å². The summed E-state index contributed by atoms with van der Waals surface area (Å²) in [6.45, 7) is 1.74. The molecule has 0 spiro atoms. The van der Waals surface area contributed by atoms with Crippen molar-refractivity contribution in [3.63, 3.8) is 0 Å². The average Bonchev–Trinajstić information content (AvgIpc) is 2.47. The largest absolute Gasteiger partial charge is 0.396 e. The van der Waals surface area contributed by atoms with Gasteiger partial charge in [0.05, 0.1) is 6.61 Å². The number of hydrogen-bond donors (Lipinski definition) is 3. The molecule has 20 heavy (non-hydrogen) atoms. The number of amides is 2. The van der Waals surface area contributed by atoms with E-state index >= 15 is 0 Å². The SMILES string of the molecule is COCCNC(=O)NCCC(CCO)c1ccccc1. The highest BCUT2D eigenvalue weighted by molar-refractivity contribution is 5.73. The molecule has 0 radical (unpaired) electrons. The smallest absolute Gasteiger partial charge is 0.314 e. The number of rotatable bonds is 9. The molecule has 5 nitrogen and oxygen atoms in total. The van der Waals surface area contributed by atoms with Gasteiger partial charge in [-0.25, -0.2) is 4.79 Å². The predicted molar refractivity (Wildman–Crippen MR) is 78.8 cm³/mol. The van der Waals surface area contributed by atoms with Crippen LogP contribution in [0, 0.1) is 0 Å². The molecule has 0 aliphatic rings. The number of methoxy groups -OCH3 is 1. The van der Waals surface area contributed by atoms with Crippen molar-refractivity contribution in [1.29, 1.82) is 0 Å². The lowest BCUT2D eigenvalue weighted by molar-refractivity contribution is 0.195. The van der Waals surface area contributed by atoms with E-state index in [1.54, 1.807) is 7.11 Å². The van der Waals surface area contributed by atoms with Gasteiger partial charge in [0.25, 0.3) is 0 Å². The second-order valence-electron chi connectivity index (χ2n) is 4.58. The fraction of sp³-hybridized carbons (Fsp3) is 0.533. The zero-order valence-electron chi connectivity index (χ0n) is 12.0. The number of ether oxygens (including phenoxy) is 1. The highest BCUT2D eigenvalue weighted by Crippen LogP contribution is 2.22. The normalized spacial score (nSPS) is 11.9. The average molecular weight is 280 g/mol. The van der Waals surface area contributed by atoms with Gasteiger partial charge in [0, 0.05) is 26.8 Å². The molecule has 0 fully saturated rings. The Labute approximate surface area is 120 Å². The zero-order chi connectivity index (χ0) is 14.6. The van der Waals surface area contributed by atoms with E-state index in [0.29, 0.717) is 26.1 Å². The first-order valence-electron chi connectivity index (χ1n) is 6.94. The van der Waals surface area contributed by atoms with E-state index in [1.807, 2.05) is 18.2 Å². The summed E-state index contributed by atoms with van der Waals surface area (Å²) in [6.07, 6.45) is 1.51. The maximum Gasteiger partial charge on any atom is 0.314 e. The molecule has 1 aromatic rings. The van der Waals surface area contributed by atoms with E-state index in [1.165, 1.54) is 5.56 Å². The quantitative estimate of drug-likeness (QED) is 0.600. The number of benzene rings is 1. The lowest BCUT2D eigenvalue weighted by Gasteiger charge is -2.16. The minimum absolute atomic E-state index is 0.152. The molecule has 5 heteroatoms. The summed E-state index contributed by atoms with van der Waals surface area (Å²) >= 11 is 0. The summed E-state index contributed by atoms with van der Waals surface area (Å²) in [5.74, 6) is 0.264. The Balaban J connectivity index is 2.31. The maximum absolute atomic E-state index is 11.5. The first-order chi connectivity index (χ1) is 9.77. The first-order valence-corrected chi connectivity index (χ1v) is 6.94. The molecule has 0 aromatic heterocycles. The van der Waals surface area contributed by atoms with Gasteiger partial charge in [0.2, 0.25) is 0 Å². The number of carbonyl (C=O) groups excluding carboxylic acids is 1. The van der Waals surface area contributed by atoms with Crippen molar-refractivity contribution in [2.75, 3.05) is 33.4 Å². The van der Waals surface area contributed by atoms with E-state index in [-0.39, 0.29) is 18.6 Å². The molecule has 0 heterocycles. The molecule has 1 aromatic carbocycles. The molecule has 2 amide bonds. The molecular formula is C15H24N2O3. The number of urea groups is 1. The van der Waals surface area contributed by atoms with Gasteiger partial charge in [-0.3, -0.25) is 0 Å². The number of aliphatic hydroxyl groups is 1. The summed E-state index contributed by atoms with van der Waals surface area (Å²) in [5.41, 5.74) is 1.20. The van der Waals surface area contributed by atoms with Crippen molar-refractivity contribution in [1.82, 2.24) is 10.6 Å². The minimum Gasteiger partial charge on any atom is -0.396 e. The van der Waals surface area contributed by atoms with E-state index in [9.17, 15) is 4.79 Å². The van der Waals surface area contributed by atoms with Gasteiger partial charge in [-0.2, -0.15) is 0 Å². The van der Waals surface area contributed by atoms with Crippen molar-refractivity contribution in [2.24, 2.45) is 0 Å². The molecule has 0 aliphatic heterocycles. The molecule has 0 bridgehead atoms. The van der Waals surface area contributed by atoms with E-state index in [0.717, 1.165) is 6.42 Å². The van der Waals surface area contributed by atoms with Crippen LogP contribution >= 0.6 is 0 Å². The van der Waals surface area contributed by atoms with E-state index in [4.69, 9.17) is 9.84 Å². The van der Waals surface area contributed by atoms with Gasteiger partial charge in [-0.15, -0.1) is 0 Å². The van der Waals surface area contributed by atoms with Crippen molar-refractivity contribution in [3.05, 3.63) is 35.9 Å². The Morgan fingerprint density at radius 3 is 2.55 bits per heavy atom. The van der Waals surface area contributed by atoms with Crippen LogP contribution in [0.25, 0.3) is 0 Å². The molecule has 1 atom stereocenters. The van der Waals surface area contributed by atoms with Gasteiger partial charge in [-0.1, -0.05) is 30.3 Å². The first kappa shape index (κ1) is 16.5. The molecule has 1 rings (SSSR count). The van der Waals surface area contributed by atoms with Crippen LogP contribution in [0.4, 0.5) is 4.79 Å². The predicted octanol–water partition coefficient (Wildman–Crippen LogP) is 1.49. The van der Waals surface area contributed by atoms with Crippen LogP contribution in [-0.2, 0) is 4.74 Å². The second kappa shape index (κ2) is 10.2. The lowest BCUT2D eigenvalue weighted by Crippen LogP contribution is -2.38. The third-order valence-corrected chi connectivity index (χ3v) is 3.12. The summed E-state index contributed by atoms with van der Waals surface area (Å²) < 4.78 is 4.85. The summed E-state index contributed by atoms with van der Waals surface area (Å²) in [7, 11) is 1.60. The zero-order valence-corrected chi connectivity index (χ0v) is 12.0. The fourth-order valence-electron chi connectivity index (χ4n) is 2.05. The second-order valence-corrected chi connectivity index (χ2v) is 4.58. The van der Waals surface area contributed by atoms with Crippen LogP contribution in [0.15, 0.2) is 30.3 Å². The van der Waals surface area contributed by atoms with Crippen molar-refractivity contribution in [3.8, 4) is 0 Å². The van der Waals surface area contributed by atoms with Crippen LogP contribution in [0.3, 0.4) is 0 Å². The summed E-state index contributed by atoms with van der Waals surface area (Å²) in [4.78, 5) is 11.5. The Morgan fingerprint density at radius 1 is 1.20 bits per heavy atom. The third kappa shape index (κ3) is 6.54. The van der Waals surface area contributed by atoms with Crippen molar-refractivity contribution >= 4 is 6.03 Å². The molecule has 0 saturated heterocycles. The Bertz CT molecular complexity index is 371. The highest BCUT2D eigenvalue weighted by atomic mass is 16.5. The minimum atomic E-state index is -0.183. The number of aliphatic hydroxyl groups excluding tert-OH is 1. The van der Waals surface area contributed by atoms with Crippen LogP contribution in [-0.4, -0.2) is 44.6 Å².